The third-order valence-corrected chi connectivity index (χ3v) is 3.09. The van der Waals surface area contributed by atoms with Crippen LogP contribution in [0.2, 0.25) is 0 Å². The van der Waals surface area contributed by atoms with E-state index in [4.69, 9.17) is 5.73 Å². The Bertz CT molecular complexity index is 503. The Labute approximate surface area is 104 Å². The average Bonchev–Trinajstić information content (AvgIpc) is 2.33. The zero-order valence-corrected chi connectivity index (χ0v) is 9.98. The normalized spacial score (nSPS) is 18.7. The molecule has 1 heterocycles. The molecule has 0 bridgehead atoms. The van der Waals surface area contributed by atoms with Crippen molar-refractivity contribution >= 4 is 28.9 Å². The van der Waals surface area contributed by atoms with Crippen LogP contribution in [-0.4, -0.2) is 16.8 Å². The summed E-state index contributed by atoms with van der Waals surface area (Å²) in [5.74, 6) is 0.353. The van der Waals surface area contributed by atoms with Crippen molar-refractivity contribution in [3.63, 3.8) is 0 Å². The van der Waals surface area contributed by atoms with Gasteiger partial charge in [0, 0.05) is 11.3 Å². The number of aliphatic imine (C=N–C) groups is 1. The molecule has 2 N–H and O–H groups in total. The van der Waals surface area contributed by atoms with Crippen LogP contribution in [0.5, 0.6) is 0 Å². The average molecular weight is 244 g/mol. The second-order valence-electron chi connectivity index (χ2n) is 3.51. The Kier molecular flexibility index (Phi) is 3.77. The molecule has 0 fully saturated rings. The number of rotatable bonds is 2. The van der Waals surface area contributed by atoms with E-state index in [0.29, 0.717) is 16.5 Å². The van der Waals surface area contributed by atoms with E-state index < -0.39 is 0 Å². The van der Waals surface area contributed by atoms with Gasteiger partial charge in [0.1, 0.15) is 0 Å². The number of amides is 1. The van der Waals surface area contributed by atoms with E-state index in [-0.39, 0.29) is 5.91 Å². The molecule has 1 amide bonds. The maximum absolute atomic E-state index is 11.5. The minimum absolute atomic E-state index is 0.237. The topological polar surface area (TPSA) is 55.4 Å². The monoisotopic (exact) mass is 244 g/mol. The first-order valence-corrected chi connectivity index (χ1v) is 6.18. The summed E-state index contributed by atoms with van der Waals surface area (Å²) >= 11 is 1.38. The summed E-state index contributed by atoms with van der Waals surface area (Å²) in [5.41, 5.74) is 7.23. The van der Waals surface area contributed by atoms with Crippen LogP contribution < -0.4 is 5.73 Å². The standard InChI is InChI=1S/C13H12N2OS/c14-13-15-12(16)11(9-17-13)8-4-7-10-5-2-1-3-6-10/h1-8H,9H2,(H2,14,15,16)/b7-4+,11-8+. The number of allylic oxidation sites excluding steroid dienone is 2. The summed E-state index contributed by atoms with van der Waals surface area (Å²) in [6.07, 6.45) is 5.60. The first-order chi connectivity index (χ1) is 8.25. The second kappa shape index (κ2) is 5.50. The van der Waals surface area contributed by atoms with Gasteiger partial charge in [0.25, 0.3) is 5.91 Å². The highest BCUT2D eigenvalue weighted by Gasteiger charge is 2.14. The minimum atomic E-state index is -0.237. The maximum atomic E-state index is 11.5. The first kappa shape index (κ1) is 11.7. The molecule has 0 aliphatic carbocycles. The van der Waals surface area contributed by atoms with E-state index in [1.54, 1.807) is 6.08 Å². The van der Waals surface area contributed by atoms with Gasteiger partial charge in [-0.05, 0) is 5.56 Å². The van der Waals surface area contributed by atoms with Crippen molar-refractivity contribution in [2.24, 2.45) is 10.7 Å². The fraction of sp³-hybridized carbons (Fsp3) is 0.0769. The number of hydrogen-bond donors (Lipinski definition) is 1. The second-order valence-corrected chi connectivity index (χ2v) is 4.50. The highest BCUT2D eigenvalue weighted by Crippen LogP contribution is 2.16. The fourth-order valence-electron chi connectivity index (χ4n) is 1.38. The number of nitrogens with zero attached hydrogens (tertiary/aromatic N) is 1. The lowest BCUT2D eigenvalue weighted by Gasteiger charge is -2.08. The Morgan fingerprint density at radius 1 is 1.29 bits per heavy atom. The summed E-state index contributed by atoms with van der Waals surface area (Å²) < 4.78 is 0. The number of thioether (sulfide) groups is 1. The van der Waals surface area contributed by atoms with Crippen LogP contribution in [0.15, 0.2) is 53.0 Å². The van der Waals surface area contributed by atoms with E-state index >= 15 is 0 Å². The van der Waals surface area contributed by atoms with E-state index in [0.717, 1.165) is 5.56 Å². The number of carbonyl (C=O) groups excluding carboxylic acids is 1. The first-order valence-electron chi connectivity index (χ1n) is 5.19. The predicted molar refractivity (Wildman–Crippen MR) is 72.6 cm³/mol. The SMILES string of the molecule is NC1=NC(=O)/C(=C/C=C/c2ccccc2)CS1. The molecular formula is C13H12N2OS. The van der Waals surface area contributed by atoms with Crippen LogP contribution in [0.1, 0.15) is 5.56 Å². The zero-order chi connectivity index (χ0) is 12.1. The lowest BCUT2D eigenvalue weighted by molar-refractivity contribution is -0.114. The van der Waals surface area contributed by atoms with Crippen molar-refractivity contribution in [3.8, 4) is 0 Å². The number of benzene rings is 1. The molecule has 0 spiro atoms. The molecule has 1 aliphatic rings. The number of nitrogens with two attached hydrogens (primary N) is 1. The lowest BCUT2D eigenvalue weighted by atomic mass is 10.2. The molecule has 0 aromatic heterocycles. The van der Waals surface area contributed by atoms with Gasteiger partial charge < -0.3 is 5.73 Å². The van der Waals surface area contributed by atoms with Crippen molar-refractivity contribution in [2.45, 2.75) is 0 Å². The van der Waals surface area contributed by atoms with Crippen LogP contribution in [-0.2, 0) is 4.79 Å². The van der Waals surface area contributed by atoms with Crippen LogP contribution in [0.25, 0.3) is 6.08 Å². The largest absolute Gasteiger partial charge is 0.378 e. The van der Waals surface area contributed by atoms with Gasteiger partial charge in [-0.1, -0.05) is 60.3 Å². The Morgan fingerprint density at radius 3 is 2.76 bits per heavy atom. The van der Waals surface area contributed by atoms with Crippen LogP contribution in [0, 0.1) is 0 Å². The summed E-state index contributed by atoms with van der Waals surface area (Å²) in [7, 11) is 0. The molecule has 1 aromatic rings. The van der Waals surface area contributed by atoms with Crippen LogP contribution in [0.3, 0.4) is 0 Å². The van der Waals surface area contributed by atoms with Gasteiger partial charge in [0.05, 0.1) is 0 Å². The molecule has 1 aliphatic heterocycles. The summed E-state index contributed by atoms with van der Waals surface area (Å²) in [6, 6.07) is 9.92. The van der Waals surface area contributed by atoms with Gasteiger partial charge in [-0.3, -0.25) is 4.79 Å². The van der Waals surface area contributed by atoms with Crippen molar-refractivity contribution in [2.75, 3.05) is 5.75 Å². The third kappa shape index (κ3) is 3.32. The summed E-state index contributed by atoms with van der Waals surface area (Å²) in [6.45, 7) is 0. The molecule has 0 saturated carbocycles. The Hall–Kier alpha value is -1.81. The molecule has 86 valence electrons. The molecule has 0 saturated heterocycles. The molecular weight excluding hydrogens is 232 g/mol. The predicted octanol–water partition coefficient (Wildman–Crippen LogP) is 2.21. The van der Waals surface area contributed by atoms with E-state index in [1.807, 2.05) is 42.5 Å². The van der Waals surface area contributed by atoms with Gasteiger partial charge in [0.15, 0.2) is 5.17 Å². The van der Waals surface area contributed by atoms with Gasteiger partial charge in [-0.25, -0.2) is 0 Å². The summed E-state index contributed by atoms with van der Waals surface area (Å²) in [4.78, 5) is 15.2. The van der Waals surface area contributed by atoms with Crippen molar-refractivity contribution in [3.05, 3.63) is 53.6 Å². The fourth-order valence-corrected chi connectivity index (χ4v) is 2.05. The van der Waals surface area contributed by atoms with Gasteiger partial charge >= 0.3 is 0 Å². The third-order valence-electron chi connectivity index (χ3n) is 2.25. The van der Waals surface area contributed by atoms with Crippen LogP contribution in [0.4, 0.5) is 0 Å². The molecule has 3 nitrogen and oxygen atoms in total. The van der Waals surface area contributed by atoms with Gasteiger partial charge in [-0.15, -0.1) is 0 Å². The molecule has 0 atom stereocenters. The number of carbonyl (C=O) groups is 1. The maximum Gasteiger partial charge on any atom is 0.276 e. The van der Waals surface area contributed by atoms with E-state index in [2.05, 4.69) is 4.99 Å². The van der Waals surface area contributed by atoms with Crippen molar-refractivity contribution in [1.29, 1.82) is 0 Å². The quantitative estimate of drug-likeness (QED) is 0.811. The highest BCUT2D eigenvalue weighted by molar-refractivity contribution is 8.14. The smallest absolute Gasteiger partial charge is 0.276 e. The van der Waals surface area contributed by atoms with E-state index in [1.165, 1.54) is 11.8 Å². The van der Waals surface area contributed by atoms with Crippen molar-refractivity contribution in [1.82, 2.24) is 0 Å². The molecule has 17 heavy (non-hydrogen) atoms. The number of amidine groups is 1. The van der Waals surface area contributed by atoms with Gasteiger partial charge in [-0.2, -0.15) is 4.99 Å². The minimum Gasteiger partial charge on any atom is -0.378 e. The van der Waals surface area contributed by atoms with E-state index in [9.17, 15) is 4.79 Å². The van der Waals surface area contributed by atoms with Crippen molar-refractivity contribution < 1.29 is 4.79 Å². The Morgan fingerprint density at radius 2 is 2.06 bits per heavy atom. The Balaban J connectivity index is 2.07. The highest BCUT2D eigenvalue weighted by atomic mass is 32.2. The molecule has 1 aromatic carbocycles. The lowest BCUT2D eigenvalue weighted by Crippen LogP contribution is -2.18. The molecule has 0 unspecified atom stereocenters. The van der Waals surface area contributed by atoms with Gasteiger partial charge in [0.2, 0.25) is 0 Å². The van der Waals surface area contributed by atoms with Crippen LogP contribution >= 0.6 is 11.8 Å². The molecule has 2 rings (SSSR count). The molecule has 4 heteroatoms. The number of hydrogen-bond acceptors (Lipinski definition) is 3. The summed E-state index contributed by atoms with van der Waals surface area (Å²) in [5, 5.41) is 0.346. The zero-order valence-electron chi connectivity index (χ0n) is 9.17. The molecule has 0 radical (unpaired) electrons.